The van der Waals surface area contributed by atoms with Crippen molar-refractivity contribution in [3.8, 4) is 0 Å². The summed E-state index contributed by atoms with van der Waals surface area (Å²) in [5, 5.41) is 2.22. The van der Waals surface area contributed by atoms with E-state index in [1.807, 2.05) is 0 Å². The first-order chi connectivity index (χ1) is 12.9. The highest BCUT2D eigenvalue weighted by molar-refractivity contribution is 6.53. The van der Waals surface area contributed by atoms with Gasteiger partial charge in [0.1, 0.15) is 16.5 Å². The van der Waals surface area contributed by atoms with Crippen molar-refractivity contribution in [1.82, 2.24) is 0 Å². The second kappa shape index (κ2) is 7.59. The summed E-state index contributed by atoms with van der Waals surface area (Å²) >= 11 is 6.00. The molecule has 138 valence electrons. The van der Waals surface area contributed by atoms with Crippen LogP contribution < -0.4 is 10.2 Å². The summed E-state index contributed by atoms with van der Waals surface area (Å²) in [7, 11) is 0. The Hall–Kier alpha value is -3.19. The maximum atomic E-state index is 13.8. The number of ether oxygens (including phenoxy) is 1. The molecular formula is C19H14ClFN2O4. The zero-order chi connectivity index (χ0) is 19.6. The summed E-state index contributed by atoms with van der Waals surface area (Å²) in [6.45, 7) is 1.92. The fourth-order valence-corrected chi connectivity index (χ4v) is 2.72. The van der Waals surface area contributed by atoms with Gasteiger partial charge in [0.05, 0.1) is 23.5 Å². The van der Waals surface area contributed by atoms with Gasteiger partial charge in [-0.1, -0.05) is 23.7 Å². The second-order valence-electron chi connectivity index (χ2n) is 5.51. The quantitative estimate of drug-likeness (QED) is 0.627. The number of imide groups is 1. The molecule has 0 aromatic heterocycles. The fraction of sp³-hybridized carbons (Fsp3) is 0.105. The number of esters is 1. The molecule has 1 heterocycles. The van der Waals surface area contributed by atoms with Gasteiger partial charge in [0.15, 0.2) is 0 Å². The van der Waals surface area contributed by atoms with E-state index in [9.17, 15) is 18.8 Å². The SMILES string of the molecule is CCOC(=O)c1ccc(N2C(=O)C(Cl)=C(Nc3ccccc3F)C2=O)cc1. The lowest BCUT2D eigenvalue weighted by atomic mass is 10.2. The molecule has 0 aliphatic carbocycles. The van der Waals surface area contributed by atoms with Crippen LogP contribution in [0.2, 0.25) is 0 Å². The highest BCUT2D eigenvalue weighted by Crippen LogP contribution is 2.30. The van der Waals surface area contributed by atoms with E-state index in [-0.39, 0.29) is 34.3 Å². The normalized spacial score (nSPS) is 14.0. The van der Waals surface area contributed by atoms with Crippen LogP contribution in [-0.2, 0) is 14.3 Å². The number of rotatable bonds is 5. The van der Waals surface area contributed by atoms with Crippen LogP contribution in [-0.4, -0.2) is 24.4 Å². The molecule has 0 atom stereocenters. The lowest BCUT2D eigenvalue weighted by Crippen LogP contribution is -2.32. The molecule has 6 nitrogen and oxygen atoms in total. The highest BCUT2D eigenvalue weighted by Gasteiger charge is 2.39. The van der Waals surface area contributed by atoms with Gasteiger partial charge < -0.3 is 10.1 Å². The van der Waals surface area contributed by atoms with Gasteiger partial charge in [-0.25, -0.2) is 14.1 Å². The molecular weight excluding hydrogens is 375 g/mol. The van der Waals surface area contributed by atoms with Crippen molar-refractivity contribution in [3.63, 3.8) is 0 Å². The summed E-state index contributed by atoms with van der Waals surface area (Å²) < 4.78 is 18.7. The Labute approximate surface area is 159 Å². The van der Waals surface area contributed by atoms with Crippen molar-refractivity contribution in [2.45, 2.75) is 6.92 Å². The average Bonchev–Trinajstić information content (AvgIpc) is 2.87. The summed E-state index contributed by atoms with van der Waals surface area (Å²) in [6.07, 6.45) is 0. The maximum Gasteiger partial charge on any atom is 0.338 e. The van der Waals surface area contributed by atoms with E-state index < -0.39 is 23.6 Å². The van der Waals surface area contributed by atoms with Crippen LogP contribution in [0.4, 0.5) is 15.8 Å². The third kappa shape index (κ3) is 3.54. The molecule has 8 heteroatoms. The molecule has 1 N–H and O–H groups in total. The van der Waals surface area contributed by atoms with Crippen LogP contribution in [0.5, 0.6) is 0 Å². The Morgan fingerprint density at radius 3 is 2.41 bits per heavy atom. The maximum absolute atomic E-state index is 13.8. The molecule has 0 bridgehead atoms. The average molecular weight is 389 g/mol. The summed E-state index contributed by atoms with van der Waals surface area (Å²) in [4.78, 5) is 37.6. The minimum atomic E-state index is -0.746. The molecule has 0 saturated heterocycles. The Kier molecular flexibility index (Phi) is 5.23. The van der Waals surface area contributed by atoms with Gasteiger partial charge in [0, 0.05) is 0 Å². The first-order valence-corrected chi connectivity index (χ1v) is 8.39. The predicted octanol–water partition coefficient (Wildman–Crippen LogP) is 3.44. The molecule has 1 aliphatic rings. The van der Waals surface area contributed by atoms with Gasteiger partial charge in [-0.3, -0.25) is 9.59 Å². The summed E-state index contributed by atoms with van der Waals surface area (Å²) in [5.74, 6) is -2.57. The first-order valence-electron chi connectivity index (χ1n) is 8.01. The van der Waals surface area contributed by atoms with E-state index in [1.165, 1.54) is 42.5 Å². The van der Waals surface area contributed by atoms with Crippen molar-refractivity contribution in [1.29, 1.82) is 0 Å². The topological polar surface area (TPSA) is 75.7 Å². The number of hydrogen-bond donors (Lipinski definition) is 1. The Balaban J connectivity index is 1.85. The van der Waals surface area contributed by atoms with E-state index in [1.54, 1.807) is 13.0 Å². The molecule has 1 aliphatic heterocycles. The highest BCUT2D eigenvalue weighted by atomic mass is 35.5. The van der Waals surface area contributed by atoms with Crippen molar-refractivity contribution in [2.75, 3.05) is 16.8 Å². The van der Waals surface area contributed by atoms with Crippen molar-refractivity contribution >= 4 is 40.8 Å². The third-order valence-electron chi connectivity index (χ3n) is 3.80. The molecule has 2 aromatic rings. The van der Waals surface area contributed by atoms with Crippen molar-refractivity contribution in [3.05, 3.63) is 70.6 Å². The van der Waals surface area contributed by atoms with E-state index in [0.29, 0.717) is 0 Å². The fourth-order valence-electron chi connectivity index (χ4n) is 2.50. The Bertz CT molecular complexity index is 956. The largest absolute Gasteiger partial charge is 0.462 e. The summed E-state index contributed by atoms with van der Waals surface area (Å²) in [5.41, 5.74) is 0.303. The molecule has 0 spiro atoms. The first kappa shape index (κ1) is 18.6. The number of nitrogens with zero attached hydrogens (tertiary/aromatic N) is 1. The monoisotopic (exact) mass is 388 g/mol. The number of anilines is 2. The number of benzene rings is 2. The molecule has 0 radical (unpaired) electrons. The lowest BCUT2D eigenvalue weighted by molar-refractivity contribution is -0.120. The lowest BCUT2D eigenvalue weighted by Gasteiger charge is -2.15. The number of carbonyl (C=O) groups excluding carboxylic acids is 3. The van der Waals surface area contributed by atoms with Crippen LogP contribution in [0, 0.1) is 5.82 Å². The second-order valence-corrected chi connectivity index (χ2v) is 5.88. The van der Waals surface area contributed by atoms with E-state index in [2.05, 4.69) is 5.32 Å². The van der Waals surface area contributed by atoms with Gasteiger partial charge >= 0.3 is 5.97 Å². The van der Waals surface area contributed by atoms with Gasteiger partial charge in [-0.05, 0) is 43.3 Å². The number of halogens is 2. The van der Waals surface area contributed by atoms with Crippen LogP contribution in [0.1, 0.15) is 17.3 Å². The smallest absolute Gasteiger partial charge is 0.338 e. The zero-order valence-electron chi connectivity index (χ0n) is 14.2. The predicted molar refractivity (Wildman–Crippen MR) is 97.8 cm³/mol. The number of para-hydroxylation sites is 1. The third-order valence-corrected chi connectivity index (χ3v) is 4.15. The van der Waals surface area contributed by atoms with E-state index in [0.717, 1.165) is 4.90 Å². The summed E-state index contributed by atoms with van der Waals surface area (Å²) in [6, 6.07) is 11.4. The number of amides is 2. The van der Waals surface area contributed by atoms with E-state index in [4.69, 9.17) is 16.3 Å². The van der Waals surface area contributed by atoms with Crippen LogP contribution in [0.25, 0.3) is 0 Å². The van der Waals surface area contributed by atoms with Crippen LogP contribution in [0.3, 0.4) is 0 Å². The molecule has 2 amide bonds. The standard InChI is InChI=1S/C19H14ClFN2O4/c1-2-27-19(26)11-7-9-12(10-8-11)23-17(24)15(20)16(18(23)25)22-14-6-4-3-5-13(14)21/h3-10,22H,2H2,1H3. The number of nitrogens with one attached hydrogen (secondary N) is 1. The molecule has 0 fully saturated rings. The Morgan fingerprint density at radius 1 is 1.11 bits per heavy atom. The number of carbonyl (C=O) groups is 3. The van der Waals surface area contributed by atoms with Crippen LogP contribution in [0.15, 0.2) is 59.3 Å². The van der Waals surface area contributed by atoms with E-state index >= 15 is 0 Å². The van der Waals surface area contributed by atoms with Gasteiger partial charge in [0.2, 0.25) is 0 Å². The molecule has 0 saturated carbocycles. The van der Waals surface area contributed by atoms with Crippen molar-refractivity contribution in [2.24, 2.45) is 0 Å². The zero-order valence-corrected chi connectivity index (χ0v) is 14.9. The van der Waals surface area contributed by atoms with Crippen LogP contribution >= 0.6 is 11.6 Å². The number of hydrogen-bond acceptors (Lipinski definition) is 5. The van der Waals surface area contributed by atoms with Gasteiger partial charge in [-0.15, -0.1) is 0 Å². The molecule has 3 rings (SSSR count). The minimum absolute atomic E-state index is 0.0197. The molecule has 2 aromatic carbocycles. The molecule has 0 unspecified atom stereocenters. The molecule has 27 heavy (non-hydrogen) atoms. The van der Waals surface area contributed by atoms with Crippen molar-refractivity contribution < 1.29 is 23.5 Å². The minimum Gasteiger partial charge on any atom is -0.462 e. The Morgan fingerprint density at radius 2 is 1.78 bits per heavy atom. The van der Waals surface area contributed by atoms with Gasteiger partial charge in [0.25, 0.3) is 11.8 Å². The van der Waals surface area contributed by atoms with Gasteiger partial charge in [-0.2, -0.15) is 0 Å².